The van der Waals surface area contributed by atoms with Gasteiger partial charge in [-0.1, -0.05) is 11.0 Å². The first kappa shape index (κ1) is 6.14. The van der Waals surface area contributed by atoms with Crippen molar-refractivity contribution in [2.45, 2.75) is 6.92 Å². The van der Waals surface area contributed by atoms with Gasteiger partial charge in [0, 0.05) is 6.07 Å². The molecular formula is C6H6BNO. The van der Waals surface area contributed by atoms with E-state index in [2.05, 4.69) is 4.98 Å². The zero-order chi connectivity index (χ0) is 6.85. The van der Waals surface area contributed by atoms with Gasteiger partial charge in [-0.15, -0.1) is 0 Å². The molecule has 0 aliphatic rings. The normalized spacial score (nSPS) is 9.44. The monoisotopic (exact) mass is 119 g/mol. The largest absolute Gasteiger partial charge is 0.330 e. The molecular weight excluding hydrogens is 113 g/mol. The van der Waals surface area contributed by atoms with Crippen LogP contribution in [-0.2, 0) is 0 Å². The van der Waals surface area contributed by atoms with Gasteiger partial charge in [0.25, 0.3) is 0 Å². The molecule has 1 heterocycles. The quantitative estimate of drug-likeness (QED) is 0.458. The van der Waals surface area contributed by atoms with Crippen molar-refractivity contribution in [3.05, 3.63) is 28.2 Å². The third kappa shape index (κ3) is 1.22. The Labute approximate surface area is 54.3 Å². The van der Waals surface area contributed by atoms with Crippen molar-refractivity contribution in [2.75, 3.05) is 0 Å². The summed E-state index contributed by atoms with van der Waals surface area (Å²) < 4.78 is 0. The molecule has 1 aromatic rings. The predicted octanol–water partition coefficient (Wildman–Crippen LogP) is -0.523. The summed E-state index contributed by atoms with van der Waals surface area (Å²) in [4.78, 5) is 13.0. The van der Waals surface area contributed by atoms with Crippen LogP contribution in [0.3, 0.4) is 0 Å². The lowest BCUT2D eigenvalue weighted by Crippen LogP contribution is -2.15. The van der Waals surface area contributed by atoms with E-state index >= 15 is 0 Å². The second kappa shape index (κ2) is 2.09. The summed E-state index contributed by atoms with van der Waals surface area (Å²) >= 11 is 0. The van der Waals surface area contributed by atoms with Crippen LogP contribution >= 0.6 is 0 Å². The van der Waals surface area contributed by atoms with E-state index in [0.717, 1.165) is 5.56 Å². The molecule has 0 aliphatic carbocycles. The predicted molar refractivity (Wildman–Crippen MR) is 37.2 cm³/mol. The standard InChI is InChI=1S/C6H6BNO/c1-4-2-6(9)8-3-5(4)7/h2-3H,1H3,(H,8,9). The maximum atomic E-state index is 10.5. The van der Waals surface area contributed by atoms with Gasteiger partial charge in [-0.3, -0.25) is 4.79 Å². The topological polar surface area (TPSA) is 32.9 Å². The Morgan fingerprint density at radius 2 is 2.33 bits per heavy atom. The Morgan fingerprint density at radius 1 is 1.67 bits per heavy atom. The smallest absolute Gasteiger partial charge is 0.248 e. The van der Waals surface area contributed by atoms with Crippen molar-refractivity contribution >= 4 is 13.3 Å². The van der Waals surface area contributed by atoms with E-state index in [1.807, 2.05) is 0 Å². The fourth-order valence-electron chi connectivity index (χ4n) is 0.584. The summed E-state index contributed by atoms with van der Waals surface area (Å²) in [5, 5.41) is 0. The van der Waals surface area contributed by atoms with Crippen molar-refractivity contribution < 1.29 is 0 Å². The van der Waals surface area contributed by atoms with Gasteiger partial charge in [0.1, 0.15) is 7.85 Å². The zero-order valence-corrected chi connectivity index (χ0v) is 5.14. The van der Waals surface area contributed by atoms with Gasteiger partial charge >= 0.3 is 0 Å². The van der Waals surface area contributed by atoms with Gasteiger partial charge in [-0.2, -0.15) is 0 Å². The molecule has 1 rings (SSSR count). The number of pyridine rings is 1. The van der Waals surface area contributed by atoms with Crippen LogP contribution in [0.4, 0.5) is 0 Å². The molecule has 2 radical (unpaired) electrons. The lowest BCUT2D eigenvalue weighted by molar-refractivity contribution is 1.23. The molecule has 44 valence electrons. The van der Waals surface area contributed by atoms with Crippen molar-refractivity contribution in [3.63, 3.8) is 0 Å². The number of hydrogen-bond acceptors (Lipinski definition) is 1. The van der Waals surface area contributed by atoms with E-state index in [-0.39, 0.29) is 5.56 Å². The molecule has 3 heteroatoms. The fraction of sp³-hybridized carbons (Fsp3) is 0.167. The van der Waals surface area contributed by atoms with E-state index in [1.165, 1.54) is 12.3 Å². The van der Waals surface area contributed by atoms with Gasteiger partial charge in [0.2, 0.25) is 5.56 Å². The Hall–Kier alpha value is -0.985. The molecule has 0 fully saturated rings. The highest BCUT2D eigenvalue weighted by atomic mass is 16.1. The van der Waals surface area contributed by atoms with Crippen molar-refractivity contribution in [1.29, 1.82) is 0 Å². The second-order valence-corrected chi connectivity index (χ2v) is 1.94. The highest BCUT2D eigenvalue weighted by Crippen LogP contribution is 1.80. The molecule has 0 aliphatic heterocycles. The second-order valence-electron chi connectivity index (χ2n) is 1.94. The molecule has 0 aromatic carbocycles. The zero-order valence-electron chi connectivity index (χ0n) is 5.14. The molecule has 0 saturated carbocycles. The lowest BCUT2D eigenvalue weighted by Gasteiger charge is -1.94. The van der Waals surface area contributed by atoms with Crippen molar-refractivity contribution in [2.24, 2.45) is 0 Å². The van der Waals surface area contributed by atoms with Gasteiger partial charge in [0.05, 0.1) is 0 Å². The molecule has 9 heavy (non-hydrogen) atoms. The summed E-state index contributed by atoms with van der Waals surface area (Å²) in [5.74, 6) is 0. The molecule has 0 spiro atoms. The van der Waals surface area contributed by atoms with Crippen LogP contribution in [0.25, 0.3) is 0 Å². The SMILES string of the molecule is [B]c1c[nH]c(=O)cc1C. The minimum atomic E-state index is -0.110. The summed E-state index contributed by atoms with van der Waals surface area (Å²) in [6.45, 7) is 1.80. The number of aromatic amines is 1. The van der Waals surface area contributed by atoms with Crippen molar-refractivity contribution in [3.8, 4) is 0 Å². The summed E-state index contributed by atoms with van der Waals surface area (Å²) in [6.07, 6.45) is 1.50. The third-order valence-corrected chi connectivity index (χ3v) is 1.17. The first-order valence-corrected chi connectivity index (χ1v) is 2.65. The van der Waals surface area contributed by atoms with Gasteiger partial charge in [-0.05, 0) is 13.1 Å². The van der Waals surface area contributed by atoms with Crippen LogP contribution in [-0.4, -0.2) is 12.8 Å². The van der Waals surface area contributed by atoms with Crippen molar-refractivity contribution in [1.82, 2.24) is 4.98 Å². The maximum absolute atomic E-state index is 10.5. The third-order valence-electron chi connectivity index (χ3n) is 1.17. The minimum Gasteiger partial charge on any atom is -0.330 e. The average molecular weight is 119 g/mol. The molecule has 0 atom stereocenters. The van der Waals surface area contributed by atoms with Crippen LogP contribution in [0.5, 0.6) is 0 Å². The van der Waals surface area contributed by atoms with Crippen LogP contribution in [0.15, 0.2) is 17.1 Å². The number of aromatic nitrogens is 1. The molecule has 0 amide bonds. The molecule has 1 N–H and O–H groups in total. The van der Waals surface area contributed by atoms with Crippen LogP contribution in [0, 0.1) is 6.92 Å². The number of hydrogen-bond donors (Lipinski definition) is 1. The summed E-state index contributed by atoms with van der Waals surface area (Å²) in [6, 6.07) is 1.47. The molecule has 0 saturated heterocycles. The molecule has 0 unspecified atom stereocenters. The maximum Gasteiger partial charge on any atom is 0.248 e. The lowest BCUT2D eigenvalue weighted by atomic mass is 9.94. The molecule has 2 nitrogen and oxygen atoms in total. The van der Waals surface area contributed by atoms with Gasteiger partial charge < -0.3 is 4.98 Å². The summed E-state index contributed by atoms with van der Waals surface area (Å²) in [5.41, 5.74) is 1.33. The minimum absolute atomic E-state index is 0.110. The number of H-pyrrole nitrogens is 1. The highest BCUT2D eigenvalue weighted by Gasteiger charge is 1.88. The Morgan fingerprint density at radius 3 is 2.78 bits per heavy atom. The fourth-order valence-corrected chi connectivity index (χ4v) is 0.584. The van der Waals surface area contributed by atoms with Crippen LogP contribution < -0.4 is 11.0 Å². The highest BCUT2D eigenvalue weighted by molar-refractivity contribution is 6.33. The average Bonchev–Trinajstić information content (AvgIpc) is 1.80. The van der Waals surface area contributed by atoms with E-state index < -0.39 is 0 Å². The van der Waals surface area contributed by atoms with E-state index in [9.17, 15) is 4.79 Å². The van der Waals surface area contributed by atoms with Gasteiger partial charge in [-0.25, -0.2) is 0 Å². The van der Waals surface area contributed by atoms with E-state index in [4.69, 9.17) is 7.85 Å². The first-order chi connectivity index (χ1) is 4.20. The van der Waals surface area contributed by atoms with Gasteiger partial charge in [0.15, 0.2) is 0 Å². The molecule has 0 bridgehead atoms. The van der Waals surface area contributed by atoms with E-state index in [0.29, 0.717) is 5.46 Å². The van der Waals surface area contributed by atoms with Crippen LogP contribution in [0.2, 0.25) is 0 Å². The number of rotatable bonds is 0. The molecule has 1 aromatic heterocycles. The number of nitrogens with one attached hydrogen (secondary N) is 1. The Balaban J connectivity index is 3.34. The Bertz CT molecular complexity index is 266. The number of aryl methyl sites for hydroxylation is 1. The Kier molecular flexibility index (Phi) is 1.43. The summed E-state index contributed by atoms with van der Waals surface area (Å²) in [7, 11) is 5.42. The van der Waals surface area contributed by atoms with Crippen LogP contribution in [0.1, 0.15) is 5.56 Å². The van der Waals surface area contributed by atoms with E-state index in [1.54, 1.807) is 6.92 Å². The first-order valence-electron chi connectivity index (χ1n) is 2.65.